The number of hydrogen-bond acceptors (Lipinski definition) is 4. The van der Waals surface area contributed by atoms with Gasteiger partial charge in [0.05, 0.1) is 0 Å². The minimum absolute atomic E-state index is 0.0577. The zero-order chi connectivity index (χ0) is 21.0. The zero-order valence-corrected chi connectivity index (χ0v) is 18.5. The molecule has 154 valence electrons. The summed E-state index contributed by atoms with van der Waals surface area (Å²) in [6.45, 7) is 10.7. The highest BCUT2D eigenvalue weighted by atomic mass is 32.1. The van der Waals surface area contributed by atoms with Crippen LogP contribution in [-0.2, 0) is 5.41 Å². The Balaban J connectivity index is 1.54. The van der Waals surface area contributed by atoms with Gasteiger partial charge in [-0.05, 0) is 66.6 Å². The summed E-state index contributed by atoms with van der Waals surface area (Å²) in [5.74, 6) is -0.211. The molecule has 2 aromatic carbocycles. The van der Waals surface area contributed by atoms with E-state index in [1.165, 1.54) is 11.3 Å². The number of piperazine rings is 1. The van der Waals surface area contributed by atoms with E-state index in [9.17, 15) is 4.79 Å². The molecule has 1 heterocycles. The Morgan fingerprint density at radius 1 is 0.931 bits per heavy atom. The summed E-state index contributed by atoms with van der Waals surface area (Å²) in [6.07, 6.45) is 0. The van der Waals surface area contributed by atoms with Gasteiger partial charge in [-0.2, -0.15) is 0 Å². The fourth-order valence-electron chi connectivity index (χ4n) is 3.28. The van der Waals surface area contributed by atoms with Crippen LogP contribution in [0.5, 0.6) is 0 Å². The molecule has 1 aliphatic rings. The smallest absolute Gasteiger partial charge is 0.257 e. The number of benzene rings is 2. The first-order valence-electron chi connectivity index (χ1n) is 9.99. The molecule has 5 nitrogen and oxygen atoms in total. The van der Waals surface area contributed by atoms with Crippen LogP contribution < -0.4 is 15.5 Å². The molecular weight excluding hydrogens is 380 g/mol. The second-order valence-corrected chi connectivity index (χ2v) is 8.98. The van der Waals surface area contributed by atoms with E-state index in [0.717, 1.165) is 31.9 Å². The number of anilines is 2. The fourth-order valence-corrected chi connectivity index (χ4v) is 3.49. The van der Waals surface area contributed by atoms with Crippen LogP contribution in [0, 0.1) is 0 Å². The summed E-state index contributed by atoms with van der Waals surface area (Å²) in [7, 11) is 2.15. The van der Waals surface area contributed by atoms with Gasteiger partial charge in [0.25, 0.3) is 5.91 Å². The van der Waals surface area contributed by atoms with Crippen LogP contribution in [-0.4, -0.2) is 49.1 Å². The molecule has 0 bridgehead atoms. The van der Waals surface area contributed by atoms with Gasteiger partial charge in [-0.1, -0.05) is 32.9 Å². The monoisotopic (exact) mass is 410 g/mol. The molecule has 0 aromatic heterocycles. The Kier molecular flexibility index (Phi) is 6.55. The molecule has 0 unspecified atom stereocenters. The summed E-state index contributed by atoms with van der Waals surface area (Å²) in [4.78, 5) is 17.2. The quantitative estimate of drug-likeness (QED) is 0.753. The van der Waals surface area contributed by atoms with Crippen molar-refractivity contribution in [1.82, 2.24) is 10.2 Å². The lowest BCUT2D eigenvalue weighted by molar-refractivity contribution is 0.0977. The van der Waals surface area contributed by atoms with Crippen molar-refractivity contribution >= 4 is 34.6 Å². The molecule has 29 heavy (non-hydrogen) atoms. The molecule has 1 saturated heterocycles. The van der Waals surface area contributed by atoms with Gasteiger partial charge in [-0.3, -0.25) is 10.1 Å². The lowest BCUT2D eigenvalue weighted by Gasteiger charge is -2.34. The summed E-state index contributed by atoms with van der Waals surface area (Å²) in [6, 6.07) is 15.8. The minimum atomic E-state index is -0.211. The molecule has 1 fully saturated rings. The molecule has 1 amide bonds. The van der Waals surface area contributed by atoms with E-state index in [1.54, 1.807) is 0 Å². The van der Waals surface area contributed by atoms with Crippen molar-refractivity contribution in [2.45, 2.75) is 26.2 Å². The zero-order valence-electron chi connectivity index (χ0n) is 17.7. The van der Waals surface area contributed by atoms with Crippen molar-refractivity contribution in [1.29, 1.82) is 0 Å². The molecular formula is C23H30N4OS. The van der Waals surface area contributed by atoms with Crippen molar-refractivity contribution in [3.05, 3.63) is 59.7 Å². The topological polar surface area (TPSA) is 47.6 Å². The number of carbonyl (C=O) groups is 1. The van der Waals surface area contributed by atoms with Crippen molar-refractivity contribution in [3.63, 3.8) is 0 Å². The van der Waals surface area contributed by atoms with Crippen LogP contribution in [0.3, 0.4) is 0 Å². The fraction of sp³-hybridized carbons (Fsp3) is 0.391. The summed E-state index contributed by atoms with van der Waals surface area (Å²) in [5.41, 5.74) is 3.90. The average molecular weight is 411 g/mol. The maximum absolute atomic E-state index is 12.4. The Labute approximate surface area is 179 Å². The van der Waals surface area contributed by atoms with Crippen molar-refractivity contribution in [3.8, 4) is 0 Å². The van der Waals surface area contributed by atoms with Gasteiger partial charge in [-0.25, -0.2) is 0 Å². The normalized spacial score (nSPS) is 15.1. The lowest BCUT2D eigenvalue weighted by Crippen LogP contribution is -2.44. The van der Waals surface area contributed by atoms with E-state index >= 15 is 0 Å². The molecule has 0 radical (unpaired) electrons. The Morgan fingerprint density at radius 2 is 1.52 bits per heavy atom. The van der Waals surface area contributed by atoms with E-state index in [1.807, 2.05) is 36.4 Å². The molecule has 2 aromatic rings. The SMILES string of the molecule is CN1CCN(c2ccc(NC(=S)NC(=O)c3ccc(C(C)(C)C)cc3)cc2)CC1. The molecule has 1 aliphatic heterocycles. The van der Waals surface area contributed by atoms with Crippen molar-refractivity contribution < 1.29 is 4.79 Å². The van der Waals surface area contributed by atoms with Gasteiger partial charge < -0.3 is 15.1 Å². The van der Waals surface area contributed by atoms with Crippen LogP contribution in [0.15, 0.2) is 48.5 Å². The number of hydrogen-bond donors (Lipinski definition) is 2. The predicted octanol–water partition coefficient (Wildman–Crippen LogP) is 3.86. The van der Waals surface area contributed by atoms with Gasteiger partial charge >= 0.3 is 0 Å². The molecule has 2 N–H and O–H groups in total. The lowest BCUT2D eigenvalue weighted by atomic mass is 9.87. The number of nitrogens with one attached hydrogen (secondary N) is 2. The third-order valence-corrected chi connectivity index (χ3v) is 5.44. The third kappa shape index (κ3) is 5.78. The number of carbonyl (C=O) groups excluding carboxylic acids is 1. The Bertz CT molecular complexity index is 848. The number of thiocarbonyl (C=S) groups is 1. The Morgan fingerprint density at radius 3 is 2.07 bits per heavy atom. The average Bonchev–Trinajstić information content (AvgIpc) is 2.68. The van der Waals surface area contributed by atoms with Gasteiger partial charge in [0.1, 0.15) is 0 Å². The van der Waals surface area contributed by atoms with Crippen molar-refractivity contribution in [2.75, 3.05) is 43.4 Å². The standard InChI is InChI=1S/C23H30N4OS/c1-23(2,3)18-7-5-17(6-8-18)21(28)25-22(29)24-19-9-11-20(12-10-19)27-15-13-26(4)14-16-27/h5-12H,13-16H2,1-4H3,(H2,24,25,28,29). The minimum Gasteiger partial charge on any atom is -0.369 e. The van der Waals surface area contributed by atoms with Crippen LogP contribution in [0.4, 0.5) is 11.4 Å². The number of amides is 1. The predicted molar refractivity (Wildman–Crippen MR) is 125 cm³/mol. The van der Waals surface area contributed by atoms with E-state index < -0.39 is 0 Å². The summed E-state index contributed by atoms with van der Waals surface area (Å²) < 4.78 is 0. The number of likely N-dealkylation sites (N-methyl/N-ethyl adjacent to an activating group) is 1. The van der Waals surface area contributed by atoms with E-state index in [-0.39, 0.29) is 11.3 Å². The summed E-state index contributed by atoms with van der Waals surface area (Å²) in [5, 5.41) is 6.13. The first-order chi connectivity index (χ1) is 13.7. The van der Waals surface area contributed by atoms with E-state index in [4.69, 9.17) is 12.2 Å². The highest BCUT2D eigenvalue weighted by molar-refractivity contribution is 7.80. The molecule has 0 aliphatic carbocycles. The largest absolute Gasteiger partial charge is 0.369 e. The maximum Gasteiger partial charge on any atom is 0.257 e. The molecule has 6 heteroatoms. The molecule has 0 atom stereocenters. The van der Waals surface area contributed by atoms with Crippen molar-refractivity contribution in [2.24, 2.45) is 0 Å². The first-order valence-corrected chi connectivity index (χ1v) is 10.4. The van der Waals surface area contributed by atoms with Gasteiger partial charge in [0.15, 0.2) is 5.11 Å². The Hall–Kier alpha value is -2.44. The second-order valence-electron chi connectivity index (χ2n) is 8.57. The number of nitrogens with zero attached hydrogens (tertiary/aromatic N) is 2. The van der Waals surface area contributed by atoms with E-state index in [0.29, 0.717) is 10.7 Å². The summed E-state index contributed by atoms with van der Waals surface area (Å²) >= 11 is 5.31. The van der Waals surface area contributed by atoms with Crippen LogP contribution in [0.25, 0.3) is 0 Å². The first kappa shape index (κ1) is 21.3. The van der Waals surface area contributed by atoms with Gasteiger partial charge in [0, 0.05) is 43.1 Å². The highest BCUT2D eigenvalue weighted by Crippen LogP contribution is 2.22. The van der Waals surface area contributed by atoms with Crippen LogP contribution >= 0.6 is 12.2 Å². The van der Waals surface area contributed by atoms with E-state index in [2.05, 4.69) is 60.4 Å². The molecule has 0 spiro atoms. The maximum atomic E-state index is 12.4. The van der Waals surface area contributed by atoms with Crippen LogP contribution in [0.2, 0.25) is 0 Å². The van der Waals surface area contributed by atoms with Gasteiger partial charge in [0.2, 0.25) is 0 Å². The van der Waals surface area contributed by atoms with Gasteiger partial charge in [-0.15, -0.1) is 0 Å². The third-order valence-electron chi connectivity index (χ3n) is 5.23. The van der Waals surface area contributed by atoms with Crippen LogP contribution in [0.1, 0.15) is 36.7 Å². The molecule has 3 rings (SSSR count). The second kappa shape index (κ2) is 8.93. The molecule has 0 saturated carbocycles. The number of rotatable bonds is 3. The highest BCUT2D eigenvalue weighted by Gasteiger charge is 2.16.